The van der Waals surface area contributed by atoms with Gasteiger partial charge in [-0.1, -0.05) is 0 Å². The van der Waals surface area contributed by atoms with Gasteiger partial charge in [-0.3, -0.25) is 0 Å². The molecule has 4 heteroatoms. The highest BCUT2D eigenvalue weighted by Crippen LogP contribution is 2.37. The Morgan fingerprint density at radius 3 is 2.29 bits per heavy atom. The Bertz CT molecular complexity index is 471. The Labute approximate surface area is 125 Å². The van der Waals surface area contributed by atoms with Gasteiger partial charge in [0.05, 0.1) is 0 Å². The minimum atomic E-state index is -0.504. The Hall–Kier alpha value is -1.00. The van der Waals surface area contributed by atoms with E-state index in [1.807, 2.05) is 6.92 Å². The van der Waals surface area contributed by atoms with Gasteiger partial charge in [-0.25, -0.2) is 8.78 Å². The zero-order chi connectivity index (χ0) is 15.0. The van der Waals surface area contributed by atoms with Gasteiger partial charge >= 0.3 is 0 Å². The van der Waals surface area contributed by atoms with Crippen molar-refractivity contribution in [3.05, 3.63) is 35.4 Å². The molecule has 2 heterocycles. The zero-order valence-electron chi connectivity index (χ0n) is 12.8. The molecule has 2 aliphatic rings. The van der Waals surface area contributed by atoms with Gasteiger partial charge in [0.15, 0.2) is 0 Å². The van der Waals surface area contributed by atoms with Crippen molar-refractivity contribution in [1.82, 2.24) is 10.2 Å². The minimum absolute atomic E-state index is 0.0208. The number of nitrogens with one attached hydrogen (secondary N) is 1. The Kier molecular flexibility index (Phi) is 4.27. The highest BCUT2D eigenvalue weighted by molar-refractivity contribution is 5.20. The fraction of sp³-hybridized carbons (Fsp3) is 0.647. The zero-order valence-corrected chi connectivity index (χ0v) is 12.8. The van der Waals surface area contributed by atoms with Crippen LogP contribution in [-0.2, 0) is 0 Å². The number of rotatable bonds is 4. The number of halogens is 2. The molecule has 1 N–H and O–H groups in total. The fourth-order valence-electron chi connectivity index (χ4n) is 3.98. The van der Waals surface area contributed by atoms with Crippen LogP contribution in [0.1, 0.15) is 44.2 Å². The molecule has 0 radical (unpaired) electrons. The molecule has 2 saturated heterocycles. The maximum absolute atomic E-state index is 13.3. The van der Waals surface area contributed by atoms with Gasteiger partial charge < -0.3 is 10.2 Å². The second-order valence-corrected chi connectivity index (χ2v) is 6.72. The number of nitrogens with zero attached hydrogens (tertiary/aromatic N) is 1. The van der Waals surface area contributed by atoms with Crippen molar-refractivity contribution < 1.29 is 8.78 Å². The summed E-state index contributed by atoms with van der Waals surface area (Å²) in [5.74, 6) is -0.327. The normalized spacial score (nSPS) is 30.6. The summed E-state index contributed by atoms with van der Waals surface area (Å²) < 4.78 is 26.5. The summed E-state index contributed by atoms with van der Waals surface area (Å²) in [5, 5.41) is 3.45. The SMILES string of the molecule is CC(NCC1CC2CCC(C1)N2C)c1cc(F)cc(F)c1. The molecule has 0 saturated carbocycles. The van der Waals surface area contributed by atoms with Crippen LogP contribution in [0.5, 0.6) is 0 Å². The van der Waals surface area contributed by atoms with E-state index in [2.05, 4.69) is 17.3 Å². The lowest BCUT2D eigenvalue weighted by atomic mass is 9.90. The van der Waals surface area contributed by atoms with Gasteiger partial charge in [0.1, 0.15) is 11.6 Å². The molecule has 21 heavy (non-hydrogen) atoms. The van der Waals surface area contributed by atoms with Gasteiger partial charge in [-0.2, -0.15) is 0 Å². The maximum atomic E-state index is 13.3. The first kappa shape index (κ1) is 14.9. The second kappa shape index (κ2) is 6.01. The van der Waals surface area contributed by atoms with E-state index in [1.165, 1.54) is 37.8 Å². The average Bonchev–Trinajstić information content (AvgIpc) is 2.65. The van der Waals surface area contributed by atoms with Gasteiger partial charge in [0.2, 0.25) is 0 Å². The van der Waals surface area contributed by atoms with Crippen LogP contribution >= 0.6 is 0 Å². The van der Waals surface area contributed by atoms with Crippen molar-refractivity contribution >= 4 is 0 Å². The fourth-order valence-corrected chi connectivity index (χ4v) is 3.98. The van der Waals surface area contributed by atoms with Crippen molar-refractivity contribution in [1.29, 1.82) is 0 Å². The first-order valence-electron chi connectivity index (χ1n) is 7.94. The molecule has 0 aliphatic carbocycles. The molecule has 1 aromatic rings. The molecule has 2 fully saturated rings. The second-order valence-electron chi connectivity index (χ2n) is 6.72. The van der Waals surface area contributed by atoms with E-state index in [9.17, 15) is 8.78 Å². The molecule has 3 unspecified atom stereocenters. The maximum Gasteiger partial charge on any atom is 0.126 e. The van der Waals surface area contributed by atoms with Crippen molar-refractivity contribution in [3.8, 4) is 0 Å². The van der Waals surface area contributed by atoms with E-state index in [-0.39, 0.29) is 6.04 Å². The highest BCUT2D eigenvalue weighted by atomic mass is 19.1. The third-order valence-corrected chi connectivity index (χ3v) is 5.29. The minimum Gasteiger partial charge on any atom is -0.310 e. The smallest absolute Gasteiger partial charge is 0.126 e. The summed E-state index contributed by atoms with van der Waals surface area (Å²) >= 11 is 0. The molecule has 116 valence electrons. The largest absolute Gasteiger partial charge is 0.310 e. The van der Waals surface area contributed by atoms with Crippen molar-refractivity contribution in [2.24, 2.45) is 5.92 Å². The first-order chi connectivity index (χ1) is 10.0. The number of fused-ring (bicyclic) bond motifs is 2. The molecule has 3 rings (SSSR count). The predicted molar refractivity (Wildman–Crippen MR) is 80.1 cm³/mol. The predicted octanol–water partition coefficient (Wildman–Crippen LogP) is 3.49. The lowest BCUT2D eigenvalue weighted by Crippen LogP contribution is -2.42. The first-order valence-corrected chi connectivity index (χ1v) is 7.94. The van der Waals surface area contributed by atoms with E-state index in [0.717, 1.165) is 24.7 Å². The third kappa shape index (κ3) is 3.27. The van der Waals surface area contributed by atoms with Crippen LogP contribution in [0.25, 0.3) is 0 Å². The van der Waals surface area contributed by atoms with Gasteiger partial charge in [0, 0.05) is 24.2 Å². The standard InChI is InChI=1S/C17H24F2N2/c1-11(13-7-14(18)9-15(19)8-13)20-10-12-5-16-3-4-17(6-12)21(16)2/h7-9,11-12,16-17,20H,3-6,10H2,1-2H3. The van der Waals surface area contributed by atoms with Gasteiger partial charge in [0.25, 0.3) is 0 Å². The van der Waals surface area contributed by atoms with Crippen molar-refractivity contribution in [2.75, 3.05) is 13.6 Å². The van der Waals surface area contributed by atoms with Gasteiger partial charge in [-0.15, -0.1) is 0 Å². The molecule has 0 amide bonds. The van der Waals surface area contributed by atoms with Crippen LogP contribution < -0.4 is 5.32 Å². The van der Waals surface area contributed by atoms with Crippen LogP contribution in [0.4, 0.5) is 8.78 Å². The molecule has 3 atom stereocenters. The number of piperidine rings is 1. The Balaban J connectivity index is 1.55. The van der Waals surface area contributed by atoms with E-state index in [1.54, 1.807) is 0 Å². The van der Waals surface area contributed by atoms with E-state index in [4.69, 9.17) is 0 Å². The van der Waals surface area contributed by atoms with Gasteiger partial charge in [-0.05, 0) is 69.8 Å². The Morgan fingerprint density at radius 2 is 1.71 bits per heavy atom. The molecule has 1 aromatic carbocycles. The summed E-state index contributed by atoms with van der Waals surface area (Å²) in [7, 11) is 2.24. The molecular weight excluding hydrogens is 270 g/mol. The number of hydrogen-bond donors (Lipinski definition) is 1. The topological polar surface area (TPSA) is 15.3 Å². The Morgan fingerprint density at radius 1 is 1.14 bits per heavy atom. The molecule has 2 bridgehead atoms. The quantitative estimate of drug-likeness (QED) is 0.914. The summed E-state index contributed by atoms with van der Waals surface area (Å²) in [6, 6.07) is 5.20. The molecule has 2 aliphatic heterocycles. The monoisotopic (exact) mass is 294 g/mol. The van der Waals surface area contributed by atoms with E-state index >= 15 is 0 Å². The van der Waals surface area contributed by atoms with Crippen LogP contribution in [-0.4, -0.2) is 30.6 Å². The molecule has 2 nitrogen and oxygen atoms in total. The average molecular weight is 294 g/mol. The van der Waals surface area contributed by atoms with Crippen molar-refractivity contribution in [3.63, 3.8) is 0 Å². The molecule has 0 spiro atoms. The third-order valence-electron chi connectivity index (χ3n) is 5.29. The van der Waals surface area contributed by atoms with Crippen LogP contribution in [0.15, 0.2) is 18.2 Å². The van der Waals surface area contributed by atoms with E-state index in [0.29, 0.717) is 11.5 Å². The summed E-state index contributed by atoms with van der Waals surface area (Å²) in [4.78, 5) is 2.53. The molecular formula is C17H24F2N2. The molecule has 0 aromatic heterocycles. The summed E-state index contributed by atoms with van der Waals surface area (Å²) in [6.07, 6.45) is 5.12. The summed E-state index contributed by atoms with van der Waals surface area (Å²) in [6.45, 7) is 2.90. The van der Waals surface area contributed by atoms with Crippen LogP contribution in [0.2, 0.25) is 0 Å². The van der Waals surface area contributed by atoms with Crippen LogP contribution in [0.3, 0.4) is 0 Å². The lowest BCUT2D eigenvalue weighted by Gasteiger charge is -2.36. The number of hydrogen-bond acceptors (Lipinski definition) is 2. The number of benzene rings is 1. The van der Waals surface area contributed by atoms with Crippen LogP contribution in [0, 0.1) is 17.6 Å². The lowest BCUT2D eigenvalue weighted by molar-refractivity contribution is 0.131. The van der Waals surface area contributed by atoms with Crippen molar-refractivity contribution in [2.45, 2.75) is 50.7 Å². The highest BCUT2D eigenvalue weighted by Gasteiger charge is 2.38. The van der Waals surface area contributed by atoms with E-state index < -0.39 is 11.6 Å². The summed E-state index contributed by atoms with van der Waals surface area (Å²) in [5.41, 5.74) is 0.684.